The molecule has 1 heterocycles. The number of benzene rings is 2. The molecule has 30 heavy (non-hydrogen) atoms. The zero-order chi connectivity index (χ0) is 22.2. The van der Waals surface area contributed by atoms with Gasteiger partial charge in [0.15, 0.2) is 5.69 Å². The summed E-state index contributed by atoms with van der Waals surface area (Å²) in [5.74, 6) is -0.126. The SMILES string of the molecule is CSc1nc(Nc2c([N+](=O)[O-])ccc(Cl)c2Cl)n(-c2c([N+](=O)[O-])ccc(Cl)c2Cl)n1. The highest BCUT2D eigenvalue weighted by molar-refractivity contribution is 7.98. The van der Waals surface area contributed by atoms with E-state index in [2.05, 4.69) is 15.4 Å². The monoisotopic (exact) mass is 508 g/mol. The van der Waals surface area contributed by atoms with Gasteiger partial charge in [-0.25, -0.2) is 0 Å². The normalized spacial score (nSPS) is 10.8. The van der Waals surface area contributed by atoms with Gasteiger partial charge in [0, 0.05) is 12.1 Å². The summed E-state index contributed by atoms with van der Waals surface area (Å²) < 4.78 is 1.03. The first-order chi connectivity index (χ1) is 14.1. The van der Waals surface area contributed by atoms with Crippen molar-refractivity contribution in [1.82, 2.24) is 14.8 Å². The van der Waals surface area contributed by atoms with Crippen molar-refractivity contribution in [3.63, 3.8) is 0 Å². The lowest BCUT2D eigenvalue weighted by atomic mass is 10.2. The zero-order valence-electron chi connectivity index (χ0n) is 14.6. The van der Waals surface area contributed by atoms with E-state index in [-0.39, 0.29) is 42.6 Å². The fourth-order valence-electron chi connectivity index (χ4n) is 2.42. The van der Waals surface area contributed by atoms with Gasteiger partial charge in [0.25, 0.3) is 11.4 Å². The second-order valence-electron chi connectivity index (χ2n) is 5.46. The number of nitrogens with one attached hydrogen (secondary N) is 1. The molecule has 10 nitrogen and oxygen atoms in total. The van der Waals surface area contributed by atoms with Crippen LogP contribution in [0.15, 0.2) is 29.4 Å². The number of aromatic nitrogens is 3. The van der Waals surface area contributed by atoms with Crippen molar-refractivity contribution in [3.05, 3.63) is 64.6 Å². The molecule has 1 aromatic heterocycles. The van der Waals surface area contributed by atoms with Gasteiger partial charge in [0.1, 0.15) is 5.69 Å². The number of hydrogen-bond acceptors (Lipinski definition) is 8. The number of nitro benzene ring substituents is 2. The Balaban J connectivity index is 2.27. The van der Waals surface area contributed by atoms with Gasteiger partial charge < -0.3 is 5.32 Å². The standard InChI is InChI=1S/C15H8Cl4N6O4S/c1-30-15-21-14(20-12-8(24(26)27)4-2-6(16)10(12)18)23(22-15)13-9(25(28)29)5-3-7(17)11(13)19/h2-5H,1H3,(H,20,21,22). The molecule has 156 valence electrons. The summed E-state index contributed by atoms with van der Waals surface area (Å²) in [6.45, 7) is 0. The van der Waals surface area contributed by atoms with Gasteiger partial charge in [0.05, 0.1) is 29.9 Å². The molecule has 15 heteroatoms. The summed E-state index contributed by atoms with van der Waals surface area (Å²) in [6.07, 6.45) is 1.67. The molecule has 3 aromatic rings. The highest BCUT2D eigenvalue weighted by atomic mass is 35.5. The molecule has 0 unspecified atom stereocenters. The van der Waals surface area contributed by atoms with Crippen LogP contribution in [0.3, 0.4) is 0 Å². The van der Waals surface area contributed by atoms with Crippen molar-refractivity contribution in [2.24, 2.45) is 0 Å². The van der Waals surface area contributed by atoms with Crippen molar-refractivity contribution < 1.29 is 9.85 Å². The quantitative estimate of drug-likeness (QED) is 0.237. The molecule has 0 bridgehead atoms. The summed E-state index contributed by atoms with van der Waals surface area (Å²) in [4.78, 5) is 25.8. The fourth-order valence-corrected chi connectivity index (χ4v) is 3.52. The van der Waals surface area contributed by atoms with E-state index in [1.165, 1.54) is 12.1 Å². The van der Waals surface area contributed by atoms with Crippen LogP contribution in [-0.4, -0.2) is 30.9 Å². The topological polar surface area (TPSA) is 129 Å². The maximum absolute atomic E-state index is 11.5. The Morgan fingerprint density at radius 2 is 1.53 bits per heavy atom. The lowest BCUT2D eigenvalue weighted by Gasteiger charge is -2.12. The number of hydrogen-bond donors (Lipinski definition) is 1. The zero-order valence-corrected chi connectivity index (χ0v) is 18.4. The van der Waals surface area contributed by atoms with Gasteiger partial charge in [-0.3, -0.25) is 20.2 Å². The molecule has 0 amide bonds. The lowest BCUT2D eigenvalue weighted by molar-refractivity contribution is -0.384. The second kappa shape index (κ2) is 8.82. The first-order valence-corrected chi connectivity index (χ1v) is 10.4. The van der Waals surface area contributed by atoms with Crippen molar-refractivity contribution in [1.29, 1.82) is 0 Å². The molecule has 0 aliphatic heterocycles. The number of thioether (sulfide) groups is 1. The summed E-state index contributed by atoms with van der Waals surface area (Å²) >= 11 is 25.5. The van der Waals surface area contributed by atoms with Crippen LogP contribution in [0.25, 0.3) is 5.69 Å². The van der Waals surface area contributed by atoms with Crippen LogP contribution in [-0.2, 0) is 0 Å². The molecule has 0 saturated carbocycles. The third kappa shape index (κ3) is 4.12. The van der Waals surface area contributed by atoms with E-state index < -0.39 is 21.2 Å². The molecule has 0 saturated heterocycles. The molecule has 3 rings (SSSR count). The molecule has 0 radical (unpaired) electrons. The highest BCUT2D eigenvalue weighted by Crippen LogP contribution is 2.41. The lowest BCUT2D eigenvalue weighted by Crippen LogP contribution is -2.08. The Kier molecular flexibility index (Phi) is 6.58. The maximum atomic E-state index is 11.5. The Morgan fingerprint density at radius 3 is 2.10 bits per heavy atom. The van der Waals surface area contributed by atoms with Gasteiger partial charge in [-0.05, 0) is 18.4 Å². The van der Waals surface area contributed by atoms with E-state index in [4.69, 9.17) is 46.4 Å². The van der Waals surface area contributed by atoms with Gasteiger partial charge >= 0.3 is 0 Å². The fraction of sp³-hybridized carbons (Fsp3) is 0.0667. The van der Waals surface area contributed by atoms with Crippen molar-refractivity contribution >= 4 is 81.2 Å². The van der Waals surface area contributed by atoms with Gasteiger partial charge in [-0.1, -0.05) is 58.2 Å². The maximum Gasteiger partial charge on any atom is 0.296 e. The summed E-state index contributed by atoms with van der Waals surface area (Å²) in [5, 5.41) is 29.8. The minimum Gasteiger partial charge on any atom is -0.317 e. The molecular formula is C15H8Cl4N6O4S. The van der Waals surface area contributed by atoms with Gasteiger partial charge in [-0.15, -0.1) is 5.10 Å². The average Bonchev–Trinajstić information content (AvgIpc) is 3.09. The van der Waals surface area contributed by atoms with Crippen LogP contribution >= 0.6 is 58.2 Å². The van der Waals surface area contributed by atoms with Crippen LogP contribution in [0, 0.1) is 20.2 Å². The average molecular weight is 510 g/mol. The molecule has 0 aliphatic carbocycles. The molecule has 2 aromatic carbocycles. The van der Waals surface area contributed by atoms with Gasteiger partial charge in [-0.2, -0.15) is 9.67 Å². The molecule has 0 fully saturated rings. The number of halogens is 4. The summed E-state index contributed by atoms with van der Waals surface area (Å²) in [7, 11) is 0. The molecule has 0 spiro atoms. The first kappa shape index (κ1) is 22.4. The Morgan fingerprint density at radius 1 is 0.967 bits per heavy atom. The first-order valence-electron chi connectivity index (χ1n) is 7.69. The van der Waals surface area contributed by atoms with Crippen molar-refractivity contribution in [2.45, 2.75) is 5.16 Å². The largest absolute Gasteiger partial charge is 0.317 e. The predicted octanol–water partition coefficient (Wildman–Crippen LogP) is 6.16. The third-order valence-corrected chi connectivity index (χ3v) is 5.87. The minimum atomic E-state index is -0.671. The van der Waals surface area contributed by atoms with Crippen LogP contribution in [0.1, 0.15) is 0 Å². The number of nitro groups is 2. The molecule has 1 N–H and O–H groups in total. The third-order valence-electron chi connectivity index (χ3n) is 3.73. The van der Waals surface area contributed by atoms with E-state index in [1.807, 2.05) is 0 Å². The van der Waals surface area contributed by atoms with Crippen molar-refractivity contribution in [2.75, 3.05) is 11.6 Å². The Bertz CT molecular complexity index is 1190. The summed E-state index contributed by atoms with van der Waals surface area (Å²) in [6, 6.07) is 4.85. The Hall–Kier alpha value is -2.31. The Labute approximate surface area is 192 Å². The number of nitrogens with zero attached hydrogens (tertiary/aromatic N) is 5. The minimum absolute atomic E-state index is 0.0381. The van der Waals surface area contributed by atoms with E-state index >= 15 is 0 Å². The second-order valence-corrected chi connectivity index (χ2v) is 7.80. The van der Waals surface area contributed by atoms with E-state index in [0.717, 1.165) is 28.6 Å². The van der Waals surface area contributed by atoms with Crippen LogP contribution in [0.4, 0.5) is 23.0 Å². The number of rotatable bonds is 6. The predicted molar refractivity (Wildman–Crippen MR) is 116 cm³/mol. The van der Waals surface area contributed by atoms with Crippen LogP contribution < -0.4 is 5.32 Å². The molecule has 0 atom stereocenters. The smallest absolute Gasteiger partial charge is 0.296 e. The van der Waals surface area contributed by atoms with E-state index in [9.17, 15) is 20.2 Å². The van der Waals surface area contributed by atoms with E-state index in [0.29, 0.717) is 0 Å². The summed E-state index contributed by atoms with van der Waals surface area (Å²) in [5.41, 5.74) is -1.14. The molecule has 0 aliphatic rings. The van der Waals surface area contributed by atoms with Crippen LogP contribution in [0.2, 0.25) is 20.1 Å². The highest BCUT2D eigenvalue weighted by Gasteiger charge is 2.28. The van der Waals surface area contributed by atoms with Crippen molar-refractivity contribution in [3.8, 4) is 5.69 Å². The van der Waals surface area contributed by atoms with Gasteiger partial charge in [0.2, 0.25) is 11.1 Å². The molecular weight excluding hydrogens is 502 g/mol. The van der Waals surface area contributed by atoms with E-state index in [1.54, 1.807) is 6.26 Å². The number of anilines is 2. The van der Waals surface area contributed by atoms with Crippen LogP contribution in [0.5, 0.6) is 0 Å².